The molecule has 2 bridgehead atoms. The molecule has 188 valence electrons. The summed E-state index contributed by atoms with van der Waals surface area (Å²) in [6.45, 7) is 2.93. The minimum Gasteiger partial charge on any atom is -0.488 e. The first-order valence-electron chi connectivity index (χ1n) is 11.7. The molecule has 3 fully saturated rings. The van der Waals surface area contributed by atoms with E-state index < -0.39 is 21.7 Å². The standard InChI is InChI=1S/C25H27ClF2N2O4S/c1-13(17-6-5-16(27)9-20(17)26)30-12-14-7-22(30)24(8-14)34-23-11-21(28)19(10-18(23)15-3-4-15)25(31)29-35(2,32)33/h5-6,9-11,13-15,22,24H,3-4,7-8,12H2,1-2H3,(H,29,31)/t13-,14+,22-,24+/m0/s1. The number of hydrogen-bond donors (Lipinski definition) is 1. The van der Waals surface area contributed by atoms with Crippen LogP contribution in [0.15, 0.2) is 30.3 Å². The first-order valence-corrected chi connectivity index (χ1v) is 14.0. The van der Waals surface area contributed by atoms with Crippen LogP contribution in [0.5, 0.6) is 5.75 Å². The first-order chi connectivity index (χ1) is 16.5. The van der Waals surface area contributed by atoms with Crippen molar-refractivity contribution in [3.63, 3.8) is 0 Å². The van der Waals surface area contributed by atoms with Crippen LogP contribution in [0.25, 0.3) is 0 Å². The van der Waals surface area contributed by atoms with Crippen molar-refractivity contribution in [3.05, 3.63) is 63.7 Å². The van der Waals surface area contributed by atoms with Crippen molar-refractivity contribution in [2.75, 3.05) is 12.8 Å². The van der Waals surface area contributed by atoms with Crippen LogP contribution in [-0.2, 0) is 10.0 Å². The molecule has 2 aromatic carbocycles. The summed E-state index contributed by atoms with van der Waals surface area (Å²) in [5.74, 6) is -1.20. The Labute approximate surface area is 208 Å². The van der Waals surface area contributed by atoms with E-state index in [1.807, 2.05) is 11.6 Å². The summed E-state index contributed by atoms with van der Waals surface area (Å²) in [7, 11) is -3.82. The molecule has 1 saturated heterocycles. The molecular weight excluding hydrogens is 498 g/mol. The second-order valence-electron chi connectivity index (χ2n) is 9.95. The van der Waals surface area contributed by atoms with Crippen LogP contribution in [0.3, 0.4) is 0 Å². The van der Waals surface area contributed by atoms with Gasteiger partial charge in [-0.15, -0.1) is 0 Å². The van der Waals surface area contributed by atoms with Crippen LogP contribution in [0.2, 0.25) is 5.02 Å². The number of benzene rings is 2. The van der Waals surface area contributed by atoms with E-state index in [4.69, 9.17) is 16.3 Å². The van der Waals surface area contributed by atoms with Gasteiger partial charge in [0.05, 0.1) is 11.8 Å². The number of nitrogens with one attached hydrogen (secondary N) is 1. The van der Waals surface area contributed by atoms with E-state index >= 15 is 0 Å². The minimum atomic E-state index is -3.82. The highest BCUT2D eigenvalue weighted by atomic mass is 35.5. The summed E-state index contributed by atoms with van der Waals surface area (Å²) in [4.78, 5) is 14.6. The fourth-order valence-corrected chi connectivity index (χ4v) is 6.32. The van der Waals surface area contributed by atoms with E-state index in [1.165, 1.54) is 24.3 Å². The molecule has 3 aliphatic rings. The molecule has 1 aliphatic heterocycles. The highest BCUT2D eigenvalue weighted by Crippen LogP contribution is 2.48. The molecule has 5 rings (SSSR count). The number of carbonyl (C=O) groups excluding carboxylic acids is 1. The third kappa shape index (κ3) is 5.04. The molecule has 10 heteroatoms. The summed E-state index contributed by atoms with van der Waals surface area (Å²) in [6, 6.07) is 7.14. The normalized spacial score (nSPS) is 25.0. The number of nitrogens with zero attached hydrogens (tertiary/aromatic N) is 1. The van der Waals surface area contributed by atoms with Gasteiger partial charge in [-0.25, -0.2) is 21.9 Å². The Bertz CT molecular complexity index is 1280. The smallest absolute Gasteiger partial charge is 0.267 e. The molecule has 1 heterocycles. The molecule has 0 radical (unpaired) electrons. The van der Waals surface area contributed by atoms with Crippen molar-refractivity contribution in [1.82, 2.24) is 9.62 Å². The number of fused-ring (bicyclic) bond motifs is 2. The number of carbonyl (C=O) groups is 1. The summed E-state index contributed by atoms with van der Waals surface area (Å²) in [5, 5.41) is 0.388. The van der Waals surface area contributed by atoms with Crippen molar-refractivity contribution in [2.45, 2.75) is 56.7 Å². The van der Waals surface area contributed by atoms with Gasteiger partial charge in [0.15, 0.2) is 0 Å². The van der Waals surface area contributed by atoms with Gasteiger partial charge in [0.2, 0.25) is 10.0 Å². The lowest BCUT2D eigenvalue weighted by molar-refractivity contribution is 0.0506. The number of hydrogen-bond acceptors (Lipinski definition) is 5. The predicted octanol–water partition coefficient (Wildman–Crippen LogP) is 4.79. The Hall–Kier alpha value is -2.23. The average Bonchev–Trinajstić information content (AvgIpc) is 3.41. The fraction of sp³-hybridized carbons (Fsp3) is 0.480. The van der Waals surface area contributed by atoms with Gasteiger partial charge in [-0.05, 0) is 73.8 Å². The maximum atomic E-state index is 14.9. The zero-order chi connectivity index (χ0) is 25.1. The van der Waals surface area contributed by atoms with Gasteiger partial charge in [0.25, 0.3) is 5.91 Å². The van der Waals surface area contributed by atoms with Gasteiger partial charge < -0.3 is 4.74 Å². The quantitative estimate of drug-likeness (QED) is 0.564. The second kappa shape index (κ2) is 9.01. The molecule has 0 spiro atoms. The number of sulfonamides is 1. The van der Waals surface area contributed by atoms with E-state index in [9.17, 15) is 22.0 Å². The van der Waals surface area contributed by atoms with E-state index in [-0.39, 0.29) is 35.5 Å². The Morgan fingerprint density at radius 1 is 1.20 bits per heavy atom. The maximum Gasteiger partial charge on any atom is 0.267 e. The number of ether oxygens (including phenoxy) is 1. The van der Waals surface area contributed by atoms with E-state index in [1.54, 1.807) is 6.07 Å². The molecule has 35 heavy (non-hydrogen) atoms. The summed E-state index contributed by atoms with van der Waals surface area (Å²) >= 11 is 6.32. The third-order valence-electron chi connectivity index (χ3n) is 7.29. The van der Waals surface area contributed by atoms with Crippen LogP contribution >= 0.6 is 11.6 Å². The summed E-state index contributed by atoms with van der Waals surface area (Å²) < 4.78 is 59.6. The molecule has 2 saturated carbocycles. The lowest BCUT2D eigenvalue weighted by Crippen LogP contribution is -2.45. The first kappa shape index (κ1) is 24.5. The SMILES string of the molecule is C[C@@H](c1ccc(F)cc1Cl)N1C[C@H]2C[C@@H](Oc3cc(F)c(C(=O)NS(C)(=O)=O)cc3C3CC3)[C@@H]1C2. The highest BCUT2D eigenvalue weighted by molar-refractivity contribution is 7.89. The van der Waals surface area contributed by atoms with E-state index in [0.29, 0.717) is 16.7 Å². The number of amides is 1. The molecule has 2 aromatic rings. The Kier molecular flexibility index (Phi) is 6.30. The highest BCUT2D eigenvalue weighted by Gasteiger charge is 2.48. The molecule has 1 N–H and O–H groups in total. The Balaban J connectivity index is 1.38. The van der Waals surface area contributed by atoms with Crippen LogP contribution in [0.1, 0.15) is 66.1 Å². The Morgan fingerprint density at radius 3 is 2.57 bits per heavy atom. The van der Waals surface area contributed by atoms with Gasteiger partial charge in [-0.1, -0.05) is 17.7 Å². The van der Waals surface area contributed by atoms with E-state index in [0.717, 1.165) is 49.6 Å². The predicted molar refractivity (Wildman–Crippen MR) is 128 cm³/mol. The van der Waals surface area contributed by atoms with Crippen LogP contribution in [0.4, 0.5) is 8.78 Å². The largest absolute Gasteiger partial charge is 0.488 e. The van der Waals surface area contributed by atoms with Crippen LogP contribution in [0, 0.1) is 17.6 Å². The zero-order valence-electron chi connectivity index (χ0n) is 19.4. The zero-order valence-corrected chi connectivity index (χ0v) is 21.0. The van der Waals surface area contributed by atoms with Crippen molar-refractivity contribution in [3.8, 4) is 5.75 Å². The monoisotopic (exact) mass is 524 g/mol. The number of rotatable bonds is 7. The number of piperidine rings is 1. The average molecular weight is 525 g/mol. The maximum absolute atomic E-state index is 14.9. The molecule has 6 nitrogen and oxygen atoms in total. The third-order valence-corrected chi connectivity index (χ3v) is 8.18. The molecule has 0 aromatic heterocycles. The van der Waals surface area contributed by atoms with Gasteiger partial charge in [-0.2, -0.15) is 0 Å². The van der Waals surface area contributed by atoms with Crippen molar-refractivity contribution in [2.24, 2.45) is 5.92 Å². The fourth-order valence-electron chi connectivity index (χ4n) is 5.55. The molecule has 2 aliphatic carbocycles. The Morgan fingerprint density at radius 2 is 1.94 bits per heavy atom. The number of likely N-dealkylation sites (tertiary alicyclic amines) is 1. The second-order valence-corrected chi connectivity index (χ2v) is 12.1. The summed E-state index contributed by atoms with van der Waals surface area (Å²) in [5.41, 5.74) is 1.28. The molecule has 1 amide bonds. The lowest BCUT2D eigenvalue weighted by Gasteiger charge is -2.38. The van der Waals surface area contributed by atoms with E-state index in [2.05, 4.69) is 4.90 Å². The van der Waals surface area contributed by atoms with Crippen molar-refractivity contribution in [1.29, 1.82) is 0 Å². The molecule has 4 atom stereocenters. The summed E-state index contributed by atoms with van der Waals surface area (Å²) in [6.07, 6.45) is 4.28. The van der Waals surface area contributed by atoms with Crippen molar-refractivity contribution < 1.29 is 26.7 Å². The van der Waals surface area contributed by atoms with Crippen molar-refractivity contribution >= 4 is 27.5 Å². The molecule has 0 unspecified atom stereocenters. The number of halogens is 3. The topological polar surface area (TPSA) is 75.7 Å². The lowest BCUT2D eigenvalue weighted by atomic mass is 10.0. The van der Waals surface area contributed by atoms with Gasteiger partial charge in [-0.3, -0.25) is 9.69 Å². The molecular formula is C25H27ClF2N2O4S. The van der Waals surface area contributed by atoms with Gasteiger partial charge >= 0.3 is 0 Å². The van der Waals surface area contributed by atoms with Crippen LogP contribution in [-0.4, -0.2) is 44.2 Å². The van der Waals surface area contributed by atoms with Crippen LogP contribution < -0.4 is 9.46 Å². The van der Waals surface area contributed by atoms with Gasteiger partial charge in [0, 0.05) is 29.7 Å². The minimum absolute atomic E-state index is 0.0359. The van der Waals surface area contributed by atoms with Gasteiger partial charge in [0.1, 0.15) is 23.5 Å².